The van der Waals surface area contributed by atoms with Gasteiger partial charge in [-0.05, 0) is 19.1 Å². The number of halogens is 3. The van der Waals surface area contributed by atoms with Crippen molar-refractivity contribution < 1.29 is 32.3 Å². The van der Waals surface area contributed by atoms with Crippen LogP contribution in [0.5, 0.6) is 0 Å². The molecule has 0 fully saturated rings. The second kappa shape index (κ2) is 5.55. The quantitative estimate of drug-likeness (QED) is 0.475. The van der Waals surface area contributed by atoms with Gasteiger partial charge in [-0.25, -0.2) is 9.59 Å². The molecular formula is C10H9F3N2O4. The van der Waals surface area contributed by atoms with E-state index in [1.54, 1.807) is 0 Å². The number of esters is 2. The minimum absolute atomic E-state index is 0.106. The number of nitrogens with one attached hydrogen (secondary N) is 2. The zero-order valence-corrected chi connectivity index (χ0v) is 9.58. The highest BCUT2D eigenvalue weighted by atomic mass is 19.4. The van der Waals surface area contributed by atoms with Gasteiger partial charge in [0, 0.05) is 6.20 Å². The number of rotatable bonds is 2. The lowest BCUT2D eigenvalue weighted by atomic mass is 10.3. The lowest BCUT2D eigenvalue weighted by Crippen LogP contribution is -2.46. The molecular weight excluding hydrogens is 269 g/mol. The zero-order chi connectivity index (χ0) is 14.6. The maximum Gasteiger partial charge on any atom is 0.408 e. The summed E-state index contributed by atoms with van der Waals surface area (Å²) in [5.74, 6) is -4.52. The molecule has 0 aliphatic carbocycles. The number of ether oxygens (including phenoxy) is 1. The van der Waals surface area contributed by atoms with E-state index >= 15 is 0 Å². The summed E-state index contributed by atoms with van der Waals surface area (Å²) in [6, 6.07) is 0.478. The fourth-order valence-electron chi connectivity index (χ4n) is 0.980. The van der Waals surface area contributed by atoms with Crippen LogP contribution in [0, 0.1) is 0 Å². The van der Waals surface area contributed by atoms with Gasteiger partial charge < -0.3 is 15.0 Å². The second-order valence-electron chi connectivity index (χ2n) is 3.50. The molecule has 0 aromatic carbocycles. The van der Waals surface area contributed by atoms with E-state index in [0.717, 1.165) is 0 Å². The van der Waals surface area contributed by atoms with Crippen LogP contribution in [0.2, 0.25) is 0 Å². The summed E-state index contributed by atoms with van der Waals surface area (Å²) < 4.78 is 40.4. The summed E-state index contributed by atoms with van der Waals surface area (Å²) in [6.07, 6.45) is -3.33. The maximum absolute atomic E-state index is 12.1. The predicted octanol–water partition coefficient (Wildman–Crippen LogP) is 0.765. The van der Waals surface area contributed by atoms with Gasteiger partial charge in [-0.3, -0.25) is 4.79 Å². The summed E-state index contributed by atoms with van der Waals surface area (Å²) in [7, 11) is 0. The number of aromatic nitrogens is 1. The van der Waals surface area contributed by atoms with E-state index in [1.165, 1.54) is 23.6 Å². The third kappa shape index (κ3) is 4.12. The Morgan fingerprint density at radius 3 is 2.47 bits per heavy atom. The predicted molar refractivity (Wildman–Crippen MR) is 54.9 cm³/mol. The largest absolute Gasteiger partial charge is 0.408 e. The van der Waals surface area contributed by atoms with E-state index in [9.17, 15) is 27.6 Å². The monoisotopic (exact) mass is 278 g/mol. The highest BCUT2D eigenvalue weighted by Gasteiger charge is 2.38. The van der Waals surface area contributed by atoms with E-state index in [1.807, 2.05) is 0 Å². The Morgan fingerprint density at radius 1 is 1.37 bits per heavy atom. The molecule has 1 aromatic rings. The molecule has 0 saturated carbocycles. The van der Waals surface area contributed by atoms with Crippen LogP contribution in [0.25, 0.3) is 0 Å². The first kappa shape index (κ1) is 14.7. The smallest absolute Gasteiger partial charge is 0.381 e. The van der Waals surface area contributed by atoms with Crippen LogP contribution in [0.3, 0.4) is 0 Å². The molecule has 6 nitrogen and oxygen atoms in total. The highest BCUT2D eigenvalue weighted by Crippen LogP contribution is 2.19. The van der Waals surface area contributed by atoms with Crippen molar-refractivity contribution in [2.45, 2.75) is 19.1 Å². The molecule has 104 valence electrons. The molecule has 0 unspecified atom stereocenters. The first-order chi connectivity index (χ1) is 8.71. The molecule has 0 saturated heterocycles. The van der Waals surface area contributed by atoms with Gasteiger partial charge in [-0.2, -0.15) is 13.2 Å². The van der Waals surface area contributed by atoms with Crippen molar-refractivity contribution in [2.75, 3.05) is 0 Å². The molecule has 1 atom stereocenters. The van der Waals surface area contributed by atoms with E-state index < -0.39 is 30.1 Å². The van der Waals surface area contributed by atoms with Crippen LogP contribution in [0.1, 0.15) is 17.4 Å². The SMILES string of the molecule is C[C@@H](NC(=O)C(=O)OC(=O)c1ccc[nH]1)C(F)(F)F. The van der Waals surface area contributed by atoms with Gasteiger partial charge in [0.15, 0.2) is 0 Å². The molecule has 0 radical (unpaired) electrons. The van der Waals surface area contributed by atoms with Gasteiger partial charge in [0.25, 0.3) is 0 Å². The Hall–Kier alpha value is -2.32. The van der Waals surface area contributed by atoms with Gasteiger partial charge in [0.05, 0.1) is 0 Å². The Morgan fingerprint density at radius 2 is 2.00 bits per heavy atom. The number of H-pyrrole nitrogens is 1. The van der Waals surface area contributed by atoms with Crippen molar-refractivity contribution >= 4 is 17.8 Å². The van der Waals surface area contributed by atoms with Gasteiger partial charge in [0.1, 0.15) is 11.7 Å². The lowest BCUT2D eigenvalue weighted by molar-refractivity contribution is -0.164. The van der Waals surface area contributed by atoms with Crippen LogP contribution in [-0.4, -0.2) is 35.0 Å². The number of carbonyl (C=O) groups is 3. The molecule has 1 heterocycles. The van der Waals surface area contributed by atoms with Crippen LogP contribution < -0.4 is 5.32 Å². The van der Waals surface area contributed by atoms with Crippen molar-refractivity contribution in [3.63, 3.8) is 0 Å². The van der Waals surface area contributed by atoms with E-state index in [4.69, 9.17) is 0 Å². The molecule has 1 amide bonds. The summed E-state index contributed by atoms with van der Waals surface area (Å²) in [6.45, 7) is 0.651. The first-order valence-electron chi connectivity index (χ1n) is 4.99. The number of amides is 1. The average Bonchev–Trinajstić information content (AvgIpc) is 2.80. The minimum Gasteiger partial charge on any atom is -0.381 e. The van der Waals surface area contributed by atoms with Gasteiger partial charge in [-0.1, -0.05) is 0 Å². The van der Waals surface area contributed by atoms with E-state index in [2.05, 4.69) is 9.72 Å². The number of alkyl halides is 3. The maximum atomic E-state index is 12.1. The third-order valence-corrected chi connectivity index (χ3v) is 2.03. The fraction of sp³-hybridized carbons (Fsp3) is 0.300. The van der Waals surface area contributed by atoms with Crippen molar-refractivity contribution in [1.29, 1.82) is 0 Å². The van der Waals surface area contributed by atoms with Gasteiger partial charge >= 0.3 is 24.0 Å². The molecule has 0 bridgehead atoms. The third-order valence-electron chi connectivity index (χ3n) is 2.03. The molecule has 1 aromatic heterocycles. The van der Waals surface area contributed by atoms with E-state index in [-0.39, 0.29) is 5.69 Å². The Kier molecular flexibility index (Phi) is 4.30. The van der Waals surface area contributed by atoms with Crippen molar-refractivity contribution in [3.8, 4) is 0 Å². The molecule has 19 heavy (non-hydrogen) atoms. The number of hydrogen-bond donors (Lipinski definition) is 2. The van der Waals surface area contributed by atoms with Crippen LogP contribution in [-0.2, 0) is 14.3 Å². The number of hydrogen-bond acceptors (Lipinski definition) is 4. The average molecular weight is 278 g/mol. The molecule has 9 heteroatoms. The van der Waals surface area contributed by atoms with Gasteiger partial charge in [0.2, 0.25) is 0 Å². The molecule has 2 N–H and O–H groups in total. The zero-order valence-electron chi connectivity index (χ0n) is 9.58. The topological polar surface area (TPSA) is 88.3 Å². The minimum atomic E-state index is -4.70. The van der Waals surface area contributed by atoms with Crippen molar-refractivity contribution in [3.05, 3.63) is 24.0 Å². The number of carbonyl (C=O) groups excluding carboxylic acids is 3. The Labute approximate surface area is 104 Å². The highest BCUT2D eigenvalue weighted by molar-refractivity contribution is 6.34. The summed E-state index contributed by atoms with van der Waals surface area (Å²) >= 11 is 0. The normalized spacial score (nSPS) is 12.6. The van der Waals surface area contributed by atoms with Crippen molar-refractivity contribution in [2.24, 2.45) is 0 Å². The van der Waals surface area contributed by atoms with Crippen LogP contribution in [0.15, 0.2) is 18.3 Å². The van der Waals surface area contributed by atoms with Crippen molar-refractivity contribution in [1.82, 2.24) is 10.3 Å². The lowest BCUT2D eigenvalue weighted by Gasteiger charge is -2.15. The summed E-state index contributed by atoms with van der Waals surface area (Å²) in [5, 5.41) is 1.37. The van der Waals surface area contributed by atoms with Crippen LogP contribution in [0.4, 0.5) is 13.2 Å². The Balaban J connectivity index is 2.55. The first-order valence-corrected chi connectivity index (χ1v) is 4.99. The second-order valence-corrected chi connectivity index (χ2v) is 3.50. The summed E-state index contributed by atoms with van der Waals surface area (Å²) in [4.78, 5) is 35.8. The fourth-order valence-corrected chi connectivity index (χ4v) is 0.980. The summed E-state index contributed by atoms with van der Waals surface area (Å²) in [5.41, 5.74) is -0.106. The molecule has 1 rings (SSSR count). The Bertz CT molecular complexity index is 481. The number of aromatic amines is 1. The standard InChI is InChI=1S/C10H9F3N2O4/c1-5(10(11,12)13)15-7(16)9(18)19-8(17)6-3-2-4-14-6/h2-5,14H,1H3,(H,15,16)/t5-/m1/s1. The van der Waals surface area contributed by atoms with E-state index in [0.29, 0.717) is 6.92 Å². The molecule has 0 aliphatic heterocycles. The van der Waals surface area contributed by atoms with Crippen LogP contribution >= 0.6 is 0 Å². The molecule has 0 spiro atoms. The molecule has 0 aliphatic rings. The van der Waals surface area contributed by atoms with Gasteiger partial charge in [-0.15, -0.1) is 0 Å².